The third kappa shape index (κ3) is 191. The molecule has 86 heavy (non-hydrogen) atoms. The van der Waals surface area contributed by atoms with Gasteiger partial charge >= 0.3 is 0 Å². The predicted molar refractivity (Wildman–Crippen MR) is 384 cm³/mol. The molecule has 0 aliphatic rings. The highest BCUT2D eigenvalue weighted by Crippen LogP contribution is 2.08. The standard InChI is InChI=1S/3C8H18O.3C7H16O.2C6H14O.2C5H12O.C4H10O.C3H8O/c1-3-4-5-6-7-8(2)9;1-3-5-6-7-8(9)4-2;1-3-5-7-8(9)6-4-2;1-3-4-5-6-7(2)8;1-3-5-6-7(8)4-2;1-3-5-7(8)6-4-2;1-3-4-5-6(2)7;1-3-5-6(7)4-2;1-3-4-5(2)6;1-3-5(6)4-2;1-3-4(2)5;1-3(2)4/h3*8-9H,3-7H2,1-2H3;3*7-8H,3-6H2,1-2H3;2*6-7H,3-5H2,1-2H3;2*5-6H,3-4H2,1-2H3;4-5H,3H2,1-2H3;3-4H,1-2H3. The number of aliphatic hydroxyl groups excluding tert-OH is 12. The number of rotatable bonds is 38. The molecule has 0 aromatic rings. The van der Waals surface area contributed by atoms with Crippen molar-refractivity contribution in [2.75, 3.05) is 0 Å². The molecule has 0 aromatic carbocycles. The SMILES string of the molecule is CC(C)O.CCC(C)O.CCC(O)CC.CCCC(C)O.CCCC(O)CC.CCCC(O)CCC.CCCCC(C)O.CCCCC(O)CC.CCCCC(O)CCC.CCCCCC(C)O.CCCCCC(O)CC.CCCCCCC(C)O. The molecule has 9 atom stereocenters. The topological polar surface area (TPSA) is 243 Å². The summed E-state index contributed by atoms with van der Waals surface area (Å²) in [5.74, 6) is 0. The Morgan fingerprint density at radius 3 is 0.547 bits per heavy atom. The molecular weight excluding hydrogens is 1080 g/mol. The minimum Gasteiger partial charge on any atom is -0.394 e. The molecule has 0 spiro atoms. The summed E-state index contributed by atoms with van der Waals surface area (Å²) >= 11 is 0. The van der Waals surface area contributed by atoms with E-state index in [1.54, 1.807) is 20.8 Å². The van der Waals surface area contributed by atoms with Crippen LogP contribution in [-0.4, -0.2) is 135 Å². The highest BCUT2D eigenvalue weighted by Gasteiger charge is 2.01. The van der Waals surface area contributed by atoms with Crippen LogP contribution in [0, 0.1) is 0 Å². The number of unbranched alkanes of at least 4 members (excludes halogenated alkanes) is 10. The van der Waals surface area contributed by atoms with E-state index in [2.05, 4.69) is 76.2 Å². The summed E-state index contributed by atoms with van der Waals surface area (Å²) in [4.78, 5) is 0. The Labute approximate surface area is 542 Å². The maximum Gasteiger partial charge on any atom is 0.0540 e. The molecule has 0 saturated heterocycles. The van der Waals surface area contributed by atoms with Gasteiger partial charge in [0, 0.05) is 6.10 Å². The Morgan fingerprint density at radius 2 is 0.349 bits per heavy atom. The van der Waals surface area contributed by atoms with Crippen LogP contribution in [0.15, 0.2) is 0 Å². The summed E-state index contributed by atoms with van der Waals surface area (Å²) in [6, 6.07) is 0. The van der Waals surface area contributed by atoms with Crippen LogP contribution < -0.4 is 0 Å². The van der Waals surface area contributed by atoms with Crippen molar-refractivity contribution in [2.24, 2.45) is 0 Å². The fourth-order valence-corrected chi connectivity index (χ4v) is 6.51. The van der Waals surface area contributed by atoms with Crippen LogP contribution in [0.1, 0.15) is 410 Å². The second kappa shape index (κ2) is 109. The van der Waals surface area contributed by atoms with E-state index in [0.29, 0.717) is 0 Å². The lowest BCUT2D eigenvalue weighted by Gasteiger charge is -2.06. The monoisotopic (exact) mass is 1250 g/mol. The quantitative estimate of drug-likeness (QED) is 0.0258. The molecule has 0 rings (SSSR count). The molecule has 12 heteroatoms. The smallest absolute Gasteiger partial charge is 0.0540 e. The maximum absolute atomic E-state index is 9.18. The lowest BCUT2D eigenvalue weighted by Crippen LogP contribution is -2.04. The van der Waals surface area contributed by atoms with Gasteiger partial charge in [0.15, 0.2) is 0 Å². The van der Waals surface area contributed by atoms with Crippen molar-refractivity contribution in [3.05, 3.63) is 0 Å². The second-order valence-corrected chi connectivity index (χ2v) is 23.9. The van der Waals surface area contributed by atoms with E-state index in [9.17, 15) is 5.11 Å². The molecule has 0 saturated carbocycles. The normalized spacial score (nSPS) is 13.2. The molecule has 0 aromatic heterocycles. The van der Waals surface area contributed by atoms with Crippen LogP contribution in [-0.2, 0) is 0 Å². The Morgan fingerprint density at radius 1 is 0.163 bits per heavy atom. The van der Waals surface area contributed by atoms with Crippen LogP contribution in [0.5, 0.6) is 0 Å². The number of aliphatic hydroxyl groups is 12. The van der Waals surface area contributed by atoms with E-state index in [4.69, 9.17) is 56.2 Å². The third-order valence-corrected chi connectivity index (χ3v) is 12.7. The summed E-state index contributed by atoms with van der Waals surface area (Å²) in [7, 11) is 0. The number of hydrogen-bond donors (Lipinski definition) is 12. The van der Waals surface area contributed by atoms with Crippen molar-refractivity contribution in [3.63, 3.8) is 0 Å². The van der Waals surface area contributed by atoms with Crippen LogP contribution in [0.25, 0.3) is 0 Å². The summed E-state index contributed by atoms with van der Waals surface area (Å²) in [6.07, 6.45) is 40.0. The zero-order chi connectivity index (χ0) is 69.8. The lowest BCUT2D eigenvalue weighted by molar-refractivity contribution is 0.150. The van der Waals surface area contributed by atoms with Gasteiger partial charge in [0.25, 0.3) is 0 Å². The second-order valence-electron chi connectivity index (χ2n) is 23.9. The Hall–Kier alpha value is -0.480. The van der Waals surface area contributed by atoms with Gasteiger partial charge in [-0.3, -0.25) is 0 Å². The highest BCUT2D eigenvalue weighted by molar-refractivity contribution is 4.55. The van der Waals surface area contributed by atoms with Crippen LogP contribution in [0.4, 0.5) is 0 Å². The predicted octanol–water partition coefficient (Wildman–Crippen LogP) is 19.5. The first kappa shape index (κ1) is 113. The Balaban J connectivity index is -0.0000000698. The zero-order valence-electron chi connectivity index (χ0n) is 63.2. The minimum absolute atomic E-state index is 0.0325. The van der Waals surface area contributed by atoms with Crippen LogP contribution in [0.3, 0.4) is 0 Å². The van der Waals surface area contributed by atoms with Gasteiger partial charge in [0.05, 0.1) is 67.1 Å². The molecule has 0 bridgehead atoms. The van der Waals surface area contributed by atoms with Crippen molar-refractivity contribution < 1.29 is 61.3 Å². The zero-order valence-corrected chi connectivity index (χ0v) is 63.2. The molecular formula is C74H172O12. The molecule has 9 unspecified atom stereocenters. The Kier molecular flexibility index (Phi) is 143. The number of hydrogen-bond acceptors (Lipinski definition) is 12. The van der Waals surface area contributed by atoms with E-state index >= 15 is 0 Å². The van der Waals surface area contributed by atoms with Crippen molar-refractivity contribution >= 4 is 0 Å². The summed E-state index contributed by atoms with van der Waals surface area (Å²) in [5.41, 5.74) is 0. The first-order chi connectivity index (χ1) is 40.4. The van der Waals surface area contributed by atoms with E-state index in [1.807, 2.05) is 69.2 Å². The maximum atomic E-state index is 9.18. The largest absolute Gasteiger partial charge is 0.394 e. The van der Waals surface area contributed by atoms with Gasteiger partial charge in [-0.1, -0.05) is 253 Å². The molecule has 0 fully saturated rings. The van der Waals surface area contributed by atoms with Crippen molar-refractivity contribution in [3.8, 4) is 0 Å². The first-order valence-corrected chi connectivity index (χ1v) is 36.6. The van der Waals surface area contributed by atoms with Gasteiger partial charge < -0.3 is 61.3 Å². The lowest BCUT2D eigenvalue weighted by atomic mass is 10.1. The van der Waals surface area contributed by atoms with Gasteiger partial charge in [-0.15, -0.1) is 0 Å². The summed E-state index contributed by atoms with van der Waals surface area (Å²) in [6.45, 7) is 47.9. The van der Waals surface area contributed by atoms with Crippen molar-refractivity contribution in [1.82, 2.24) is 0 Å². The molecule has 0 radical (unpaired) electrons. The summed E-state index contributed by atoms with van der Waals surface area (Å²) < 4.78 is 0. The minimum atomic E-state index is -0.167. The van der Waals surface area contributed by atoms with E-state index in [0.717, 1.165) is 154 Å². The third-order valence-electron chi connectivity index (χ3n) is 12.7. The van der Waals surface area contributed by atoms with E-state index in [-0.39, 0.29) is 73.2 Å². The average molecular weight is 1250 g/mol. The molecule has 12 nitrogen and oxygen atoms in total. The van der Waals surface area contributed by atoms with Gasteiger partial charge in [-0.2, -0.15) is 0 Å². The van der Waals surface area contributed by atoms with Gasteiger partial charge in [0.1, 0.15) is 0 Å². The van der Waals surface area contributed by atoms with E-state index < -0.39 is 0 Å². The molecule has 0 aliphatic heterocycles. The van der Waals surface area contributed by atoms with Crippen molar-refractivity contribution in [2.45, 2.75) is 483 Å². The van der Waals surface area contributed by atoms with Crippen molar-refractivity contribution in [1.29, 1.82) is 0 Å². The van der Waals surface area contributed by atoms with Gasteiger partial charge in [-0.05, 0) is 158 Å². The molecule has 0 heterocycles. The van der Waals surface area contributed by atoms with Crippen LogP contribution in [0.2, 0.25) is 0 Å². The fourth-order valence-electron chi connectivity index (χ4n) is 6.51. The molecule has 0 aliphatic carbocycles. The molecule has 0 amide bonds. The average Bonchev–Trinajstić information content (AvgIpc) is 3.46. The molecule has 12 N–H and O–H groups in total. The fraction of sp³-hybridized carbons (Fsp3) is 1.00. The first-order valence-electron chi connectivity index (χ1n) is 36.6. The summed E-state index contributed by atoms with van der Waals surface area (Å²) in [5, 5.41) is 105. The van der Waals surface area contributed by atoms with E-state index in [1.165, 1.54) is 89.9 Å². The Bertz CT molecular complexity index is 944. The van der Waals surface area contributed by atoms with Gasteiger partial charge in [-0.25, -0.2) is 0 Å². The van der Waals surface area contributed by atoms with Crippen LogP contribution >= 0.6 is 0 Å². The van der Waals surface area contributed by atoms with Gasteiger partial charge in [0.2, 0.25) is 0 Å². The molecule has 540 valence electrons. The highest BCUT2D eigenvalue weighted by atomic mass is 16.3.